The number of anilines is 2. The number of nitrogens with one attached hydrogen (secondary N) is 2. The van der Waals surface area contributed by atoms with Gasteiger partial charge < -0.3 is 14.8 Å². The molecule has 1 atom stereocenters. The highest BCUT2D eigenvalue weighted by atomic mass is 16.5. The van der Waals surface area contributed by atoms with Gasteiger partial charge in [0.05, 0.1) is 30.8 Å². The lowest BCUT2D eigenvalue weighted by Gasteiger charge is -2.29. The smallest absolute Gasteiger partial charge is 0.324 e. The van der Waals surface area contributed by atoms with Gasteiger partial charge in [0.25, 0.3) is 0 Å². The van der Waals surface area contributed by atoms with Gasteiger partial charge in [-0.1, -0.05) is 57.2 Å². The number of carbonyl (C=O) groups is 1. The number of hydrogen-bond donors (Lipinski definition) is 2. The molecule has 1 aliphatic heterocycles. The van der Waals surface area contributed by atoms with Crippen LogP contribution >= 0.6 is 0 Å². The van der Waals surface area contributed by atoms with E-state index in [-0.39, 0.29) is 17.6 Å². The predicted octanol–water partition coefficient (Wildman–Crippen LogP) is 6.37. The number of rotatable bonds is 7. The van der Waals surface area contributed by atoms with Gasteiger partial charge in [0.15, 0.2) is 0 Å². The van der Waals surface area contributed by atoms with Crippen LogP contribution in [0.5, 0.6) is 5.75 Å². The van der Waals surface area contributed by atoms with E-state index in [9.17, 15) is 4.79 Å². The molecule has 0 radical (unpaired) electrons. The monoisotopic (exact) mass is 541 g/mol. The molecule has 1 aromatic heterocycles. The zero-order valence-corrected chi connectivity index (χ0v) is 24.0. The lowest BCUT2D eigenvalue weighted by Crippen LogP contribution is -2.41. The SMILES string of the molecule is Cc1ccc(C(C)(C)C)cc1-n1nccc1NC(=O)Nc1ccc(OC(C)CN2CCOCC2)c2ccccc12. The maximum atomic E-state index is 13.2. The fraction of sp³-hybridized carbons (Fsp3) is 0.375. The zero-order chi connectivity index (χ0) is 28.3. The lowest BCUT2D eigenvalue weighted by molar-refractivity contribution is 0.0220. The number of aromatic nitrogens is 2. The molecule has 1 unspecified atom stereocenters. The molecule has 1 fully saturated rings. The summed E-state index contributed by atoms with van der Waals surface area (Å²) in [7, 11) is 0. The number of hydrogen-bond acceptors (Lipinski definition) is 5. The van der Waals surface area contributed by atoms with Gasteiger partial charge in [0, 0.05) is 36.5 Å². The number of benzene rings is 3. The molecule has 3 aromatic carbocycles. The molecule has 2 amide bonds. The third-order valence-electron chi connectivity index (χ3n) is 7.27. The summed E-state index contributed by atoms with van der Waals surface area (Å²) in [6.45, 7) is 14.9. The van der Waals surface area contributed by atoms with E-state index in [4.69, 9.17) is 9.47 Å². The Morgan fingerprint density at radius 2 is 1.77 bits per heavy atom. The van der Waals surface area contributed by atoms with E-state index < -0.39 is 0 Å². The Labute approximate surface area is 236 Å². The molecule has 2 heterocycles. The highest BCUT2D eigenvalue weighted by molar-refractivity contribution is 6.07. The van der Waals surface area contributed by atoms with Crippen molar-refractivity contribution in [3.63, 3.8) is 0 Å². The van der Waals surface area contributed by atoms with E-state index in [1.165, 1.54) is 5.56 Å². The first-order valence-electron chi connectivity index (χ1n) is 13.9. The van der Waals surface area contributed by atoms with Gasteiger partial charge in [0.2, 0.25) is 0 Å². The number of amides is 2. The maximum Gasteiger partial charge on any atom is 0.324 e. The molecule has 8 nitrogen and oxygen atoms in total. The molecule has 210 valence electrons. The Morgan fingerprint density at radius 1 is 1.02 bits per heavy atom. The van der Waals surface area contributed by atoms with E-state index in [0.29, 0.717) is 11.5 Å². The summed E-state index contributed by atoms with van der Waals surface area (Å²) in [6, 6.07) is 19.6. The van der Waals surface area contributed by atoms with Gasteiger partial charge >= 0.3 is 6.03 Å². The van der Waals surface area contributed by atoms with Crippen molar-refractivity contribution in [3.8, 4) is 11.4 Å². The molecule has 5 rings (SSSR count). The summed E-state index contributed by atoms with van der Waals surface area (Å²) in [5.74, 6) is 1.39. The molecular formula is C32H39N5O3. The number of aryl methyl sites for hydroxylation is 1. The van der Waals surface area contributed by atoms with Gasteiger partial charge in [-0.2, -0.15) is 5.10 Å². The van der Waals surface area contributed by atoms with Gasteiger partial charge in [-0.25, -0.2) is 9.48 Å². The van der Waals surface area contributed by atoms with Crippen molar-refractivity contribution in [3.05, 3.63) is 78.0 Å². The van der Waals surface area contributed by atoms with E-state index in [0.717, 1.165) is 60.6 Å². The van der Waals surface area contributed by atoms with Crippen molar-refractivity contribution in [2.24, 2.45) is 0 Å². The molecule has 2 N–H and O–H groups in total. The summed E-state index contributed by atoms with van der Waals surface area (Å²) in [5.41, 5.74) is 3.92. The van der Waals surface area contributed by atoms with Crippen LogP contribution in [0.25, 0.3) is 16.5 Å². The topological polar surface area (TPSA) is 80.7 Å². The van der Waals surface area contributed by atoms with Crippen LogP contribution in [0.15, 0.2) is 66.9 Å². The van der Waals surface area contributed by atoms with E-state index >= 15 is 0 Å². The Balaban J connectivity index is 1.32. The summed E-state index contributed by atoms with van der Waals surface area (Å²) in [6.07, 6.45) is 1.71. The van der Waals surface area contributed by atoms with Crippen LogP contribution in [0.1, 0.15) is 38.8 Å². The minimum atomic E-state index is -0.342. The van der Waals surface area contributed by atoms with Crippen LogP contribution in [0.4, 0.5) is 16.3 Å². The van der Waals surface area contributed by atoms with Crippen molar-refractivity contribution < 1.29 is 14.3 Å². The third kappa shape index (κ3) is 6.29. The highest BCUT2D eigenvalue weighted by Gasteiger charge is 2.19. The van der Waals surface area contributed by atoms with E-state index in [1.807, 2.05) is 43.3 Å². The molecule has 1 aliphatic rings. The molecule has 0 spiro atoms. The molecule has 0 saturated carbocycles. The van der Waals surface area contributed by atoms with Crippen LogP contribution < -0.4 is 15.4 Å². The fourth-order valence-electron chi connectivity index (χ4n) is 5.05. The van der Waals surface area contributed by atoms with Crippen molar-refractivity contribution in [2.75, 3.05) is 43.5 Å². The van der Waals surface area contributed by atoms with E-state index in [1.54, 1.807) is 16.9 Å². The second kappa shape index (κ2) is 11.7. The quantitative estimate of drug-likeness (QED) is 0.284. The first-order valence-corrected chi connectivity index (χ1v) is 13.9. The van der Waals surface area contributed by atoms with E-state index in [2.05, 4.69) is 66.5 Å². The second-order valence-corrected chi connectivity index (χ2v) is 11.5. The minimum Gasteiger partial charge on any atom is -0.489 e. The van der Waals surface area contributed by atoms with Crippen LogP contribution in [0.2, 0.25) is 0 Å². The fourth-order valence-corrected chi connectivity index (χ4v) is 5.05. The van der Waals surface area contributed by atoms with Crippen LogP contribution in [-0.2, 0) is 10.2 Å². The Morgan fingerprint density at radius 3 is 2.52 bits per heavy atom. The highest BCUT2D eigenvalue weighted by Crippen LogP contribution is 2.33. The minimum absolute atomic E-state index is 0.00218. The standard InChI is InChI=1S/C32H39N5O3/c1-22-10-11-24(32(3,4)5)20-28(22)37-30(14-15-33-37)35-31(38)34-27-12-13-29(26-9-7-6-8-25(26)27)40-23(2)21-36-16-18-39-19-17-36/h6-15,20,23H,16-19,21H2,1-5H3,(H2,34,35,38). The van der Waals surface area contributed by atoms with Gasteiger partial charge in [0.1, 0.15) is 17.7 Å². The number of morpholine rings is 1. The van der Waals surface area contributed by atoms with Crippen molar-refractivity contribution in [1.29, 1.82) is 0 Å². The molecule has 40 heavy (non-hydrogen) atoms. The largest absolute Gasteiger partial charge is 0.489 e. The number of nitrogens with zero attached hydrogens (tertiary/aromatic N) is 3. The summed E-state index contributed by atoms with van der Waals surface area (Å²) in [4.78, 5) is 15.6. The lowest BCUT2D eigenvalue weighted by atomic mass is 9.86. The van der Waals surface area contributed by atoms with Gasteiger partial charge in [-0.15, -0.1) is 0 Å². The second-order valence-electron chi connectivity index (χ2n) is 11.5. The number of carbonyl (C=O) groups excluding carboxylic acids is 1. The molecule has 8 heteroatoms. The van der Waals surface area contributed by atoms with Crippen molar-refractivity contribution in [2.45, 2.75) is 46.1 Å². The Hall–Kier alpha value is -3.88. The average Bonchev–Trinajstić information content (AvgIpc) is 3.38. The number of urea groups is 1. The van der Waals surface area contributed by atoms with Crippen LogP contribution in [-0.4, -0.2) is 59.7 Å². The number of fused-ring (bicyclic) bond motifs is 1. The maximum absolute atomic E-state index is 13.2. The molecule has 0 aliphatic carbocycles. The normalized spacial score (nSPS) is 15.1. The average molecular weight is 542 g/mol. The predicted molar refractivity (Wildman–Crippen MR) is 161 cm³/mol. The van der Waals surface area contributed by atoms with Crippen LogP contribution in [0, 0.1) is 6.92 Å². The van der Waals surface area contributed by atoms with Gasteiger partial charge in [-0.3, -0.25) is 10.2 Å². The summed E-state index contributed by atoms with van der Waals surface area (Å²) in [5, 5.41) is 12.4. The van der Waals surface area contributed by atoms with Crippen molar-refractivity contribution >= 4 is 28.3 Å². The third-order valence-corrected chi connectivity index (χ3v) is 7.27. The van der Waals surface area contributed by atoms with Gasteiger partial charge in [-0.05, 0) is 48.6 Å². The Kier molecular flexibility index (Phi) is 8.09. The molecule has 1 saturated heterocycles. The number of ether oxygens (including phenoxy) is 2. The molecular weight excluding hydrogens is 502 g/mol. The summed E-state index contributed by atoms with van der Waals surface area (Å²) >= 11 is 0. The molecule has 0 bridgehead atoms. The van der Waals surface area contributed by atoms with Crippen molar-refractivity contribution in [1.82, 2.24) is 14.7 Å². The first-order chi connectivity index (χ1) is 19.2. The Bertz CT molecular complexity index is 1480. The molecule has 4 aromatic rings. The zero-order valence-electron chi connectivity index (χ0n) is 24.0. The first kappa shape index (κ1) is 27.7. The summed E-state index contributed by atoms with van der Waals surface area (Å²) < 4.78 is 13.6. The van der Waals surface area contributed by atoms with Crippen LogP contribution in [0.3, 0.4) is 0 Å².